The Morgan fingerprint density at radius 2 is 1.03 bits per heavy atom. The number of aromatic nitrogens is 5. The Morgan fingerprint density at radius 1 is 0.479 bits per heavy atom. The van der Waals surface area contributed by atoms with Gasteiger partial charge >= 0.3 is 31.4 Å². The summed E-state index contributed by atoms with van der Waals surface area (Å²) in [7, 11) is 0. The van der Waals surface area contributed by atoms with E-state index in [-0.39, 0.29) is 53.4 Å². The van der Waals surface area contributed by atoms with Crippen molar-refractivity contribution >= 4 is 43.7 Å². The van der Waals surface area contributed by atoms with Gasteiger partial charge in [-0.05, 0) is 116 Å². The number of hydrogen-bond donors (Lipinski definition) is 0. The summed E-state index contributed by atoms with van der Waals surface area (Å²) in [6.45, 7) is -5.01. The van der Waals surface area contributed by atoms with Crippen molar-refractivity contribution < 1.29 is 37.2 Å². The monoisotopic (exact) mass is 1130 g/mol. The van der Waals surface area contributed by atoms with Crippen LogP contribution in [0.3, 0.4) is 0 Å². The maximum Gasteiger partial charge on any atom is 3.00 e. The van der Waals surface area contributed by atoms with Gasteiger partial charge in [0.05, 0.1) is 11.2 Å². The molecule has 0 amide bonds. The Hall–Kier alpha value is -8.56. The van der Waals surface area contributed by atoms with E-state index in [1.54, 1.807) is 24.5 Å². The molecule has 5 aromatic carbocycles. The summed E-state index contributed by atoms with van der Waals surface area (Å²) < 4.78 is 57.7. The van der Waals surface area contributed by atoms with Gasteiger partial charge in [0.25, 0.3) is 0 Å². The van der Waals surface area contributed by atoms with Gasteiger partial charge in [0, 0.05) is 54.2 Å². The predicted molar refractivity (Wildman–Crippen MR) is 283 cm³/mol. The number of benzene rings is 5. The topological polar surface area (TPSA) is 125 Å². The summed E-state index contributed by atoms with van der Waals surface area (Å²) in [5.74, 6) is 0. The number of aryl methyl sites for hydroxylation is 6. The quantitative estimate of drug-likeness (QED) is 0.0919. The summed E-state index contributed by atoms with van der Waals surface area (Å²) in [6.07, 6.45) is 13.0. The van der Waals surface area contributed by atoms with Crippen LogP contribution in [0.2, 0.25) is 0 Å². The molecule has 9 nitrogen and oxygen atoms in total. The molecule has 0 atom stereocenters. The summed E-state index contributed by atoms with van der Waals surface area (Å²) in [4.78, 5) is 49.2. The van der Waals surface area contributed by atoms with Crippen LogP contribution in [0.15, 0.2) is 189 Å². The van der Waals surface area contributed by atoms with Crippen molar-refractivity contribution in [2.24, 2.45) is 0 Å². The van der Waals surface area contributed by atoms with Crippen molar-refractivity contribution in [2.45, 2.75) is 39.4 Å². The molecular formula is C63H42IrN5O4. The first kappa shape index (κ1) is 40.1. The summed E-state index contributed by atoms with van der Waals surface area (Å²) >= 11 is 0. The molecule has 0 N–H and O–H groups in total. The molecule has 0 aliphatic heterocycles. The number of rotatable bonds is 11. The molecule has 0 aliphatic carbocycles. The zero-order valence-electron chi connectivity index (χ0n) is 44.7. The average molecular weight is 1130 g/mol. The van der Waals surface area contributed by atoms with E-state index >= 15 is 0 Å². The first-order valence-electron chi connectivity index (χ1n) is 26.4. The van der Waals surface area contributed by atoms with Crippen LogP contribution in [0.25, 0.3) is 99.5 Å². The van der Waals surface area contributed by atoms with Crippen LogP contribution in [-0.2, 0) is 45.8 Å². The molecule has 7 heterocycles. The van der Waals surface area contributed by atoms with E-state index in [1.165, 1.54) is 12.1 Å². The van der Waals surface area contributed by atoms with E-state index in [1.807, 2.05) is 60.8 Å². The fourth-order valence-corrected chi connectivity index (χ4v) is 9.44. The van der Waals surface area contributed by atoms with E-state index < -0.39 is 25.0 Å². The molecule has 10 heteroatoms. The zero-order valence-corrected chi connectivity index (χ0v) is 41.1. The Bertz CT molecular complexity index is 4250. The van der Waals surface area contributed by atoms with E-state index in [2.05, 4.69) is 111 Å². The van der Waals surface area contributed by atoms with Crippen LogP contribution in [0.5, 0.6) is 0 Å². The van der Waals surface area contributed by atoms with Crippen molar-refractivity contribution in [2.75, 3.05) is 0 Å². The molecule has 0 fully saturated rings. The third kappa shape index (κ3) is 9.42. The minimum absolute atomic E-state index is 0. The summed E-state index contributed by atoms with van der Waals surface area (Å²) in [6, 6.07) is 53.0. The van der Waals surface area contributed by atoms with Crippen LogP contribution in [0, 0.1) is 32.2 Å². The number of pyridine rings is 5. The first-order valence-corrected chi connectivity index (χ1v) is 23.4. The minimum Gasteiger partial charge on any atom is -0.472 e. The van der Waals surface area contributed by atoms with E-state index in [9.17, 15) is 9.59 Å². The second kappa shape index (κ2) is 19.9. The third-order valence-electron chi connectivity index (χ3n) is 13.0. The number of hydrogen-bond acceptors (Lipinski definition) is 9. The van der Waals surface area contributed by atoms with Crippen LogP contribution in [0.1, 0.15) is 41.9 Å². The van der Waals surface area contributed by atoms with E-state index in [0.29, 0.717) is 47.5 Å². The predicted octanol–water partition coefficient (Wildman–Crippen LogP) is 13.1. The third-order valence-corrected chi connectivity index (χ3v) is 13.0. The van der Waals surface area contributed by atoms with Crippen molar-refractivity contribution in [1.29, 1.82) is 0 Å². The number of fused-ring (bicyclic) bond motifs is 6. The molecule has 0 bridgehead atoms. The van der Waals surface area contributed by atoms with Crippen LogP contribution >= 0.6 is 0 Å². The van der Waals surface area contributed by atoms with Crippen molar-refractivity contribution in [3.63, 3.8) is 0 Å². The molecular weight excluding hydrogens is 1080 g/mol. The Balaban J connectivity index is 0.00000660. The van der Waals surface area contributed by atoms with Gasteiger partial charge in [0.2, 0.25) is 0 Å². The second-order valence-corrected chi connectivity index (χ2v) is 17.7. The van der Waals surface area contributed by atoms with Crippen molar-refractivity contribution in [3.05, 3.63) is 243 Å². The van der Waals surface area contributed by atoms with Gasteiger partial charge in [0.15, 0.2) is 0 Å². The van der Waals surface area contributed by atoms with Gasteiger partial charge in [-0.3, -0.25) is 0 Å². The van der Waals surface area contributed by atoms with Gasteiger partial charge in [-0.2, -0.15) is 0 Å². The van der Waals surface area contributed by atoms with Gasteiger partial charge in [-0.15, -0.1) is 35.9 Å². The fourth-order valence-electron chi connectivity index (χ4n) is 9.44. The summed E-state index contributed by atoms with van der Waals surface area (Å²) in [5.41, 5.74) is 12.4. The van der Waals surface area contributed by atoms with Crippen LogP contribution < -0.4 is 11.3 Å². The molecule has 12 rings (SSSR count). The standard InChI is InChI=1S/C63H42N5O4.Ir/c1-38-25-58-55(36-64-38)60-52(62(69)71-58)30-42(33-67-60)19-17-40-27-41(18-20-43-31-53-61(68-34-43)56-37-65-39(2)26-59(56)72-63(53)70)29-48(28-40)49-15-9-10-16-50(49)54-35-66-57(47-13-7-4-8-14-47)32-51(54)46-23-21-45(22-24-46)44-11-5-3-6-12-44;/h3-13,15-16,21-35H,17-20H2,1-2H3;/q-3;+3/i1D3,2D3;. The second-order valence-electron chi connectivity index (χ2n) is 17.7. The first-order chi connectivity index (χ1) is 37.7. The Morgan fingerprint density at radius 3 is 1.62 bits per heavy atom. The minimum atomic E-state index is -2.51. The SMILES string of the molecule is [2H]C([2H])([2H])c1cc2oc(=O)c3cc(CCc4cc(CCc5cnc6c(c5)c(=O)oc5cc(C([2H])([2H])[2H])n[c-]c56)cc(-c5ccccc5-c5cnc(-c6[c-]cccc6)cc5-c5ccc(-c6ccccc6)cc5)c4)cnc3c2[c-]n1.[Ir+3]. The molecule has 0 saturated heterocycles. The molecule has 0 aliphatic rings. The molecule has 7 aromatic heterocycles. The van der Waals surface area contributed by atoms with Gasteiger partial charge in [-0.25, -0.2) is 9.59 Å². The fraction of sp³-hybridized carbons (Fsp3) is 0.0952. The Kier molecular flexibility index (Phi) is 10.9. The van der Waals surface area contributed by atoms with Crippen LogP contribution in [-0.4, -0.2) is 24.9 Å². The maximum atomic E-state index is 13.4. The molecule has 0 unspecified atom stereocenters. The van der Waals surface area contributed by atoms with Gasteiger partial charge in [-0.1, -0.05) is 152 Å². The largest absolute Gasteiger partial charge is 3.00 e. The zero-order chi connectivity index (χ0) is 53.7. The molecule has 73 heavy (non-hydrogen) atoms. The smallest absolute Gasteiger partial charge is 0.472 e. The van der Waals surface area contributed by atoms with Crippen molar-refractivity contribution in [1.82, 2.24) is 24.9 Å². The Labute approximate surface area is 442 Å². The van der Waals surface area contributed by atoms with E-state index in [4.69, 9.17) is 22.0 Å². The van der Waals surface area contributed by atoms with Gasteiger partial charge < -0.3 is 33.8 Å². The van der Waals surface area contributed by atoms with Crippen LogP contribution in [0.4, 0.5) is 0 Å². The molecule has 352 valence electrons. The molecule has 12 aromatic rings. The average Bonchev–Trinajstić information content (AvgIpc) is 3.49. The van der Waals surface area contributed by atoms with E-state index in [0.717, 1.165) is 78.0 Å². The molecule has 0 spiro atoms. The molecule has 0 saturated carbocycles. The normalized spacial score (nSPS) is 12.9. The van der Waals surface area contributed by atoms with Crippen molar-refractivity contribution in [3.8, 4) is 55.8 Å². The number of nitrogens with zero attached hydrogens (tertiary/aromatic N) is 5. The maximum absolute atomic E-state index is 13.4. The van der Waals surface area contributed by atoms with Gasteiger partial charge in [0.1, 0.15) is 0 Å². The molecule has 0 radical (unpaired) electrons. The summed E-state index contributed by atoms with van der Waals surface area (Å²) in [5, 5.41) is 1.09.